The van der Waals surface area contributed by atoms with Crippen molar-refractivity contribution in [2.75, 3.05) is 5.88 Å². The summed E-state index contributed by atoms with van der Waals surface area (Å²) in [5.41, 5.74) is 2.13. The highest BCUT2D eigenvalue weighted by Crippen LogP contribution is 2.00. The van der Waals surface area contributed by atoms with Crippen LogP contribution in [0.1, 0.15) is 11.3 Å². The van der Waals surface area contributed by atoms with Gasteiger partial charge in [-0.25, -0.2) is 0 Å². The lowest BCUT2D eigenvalue weighted by Gasteiger charge is -1.92. The third-order valence-corrected chi connectivity index (χ3v) is 1.49. The molecule has 0 saturated carbocycles. The van der Waals surface area contributed by atoms with Crippen LogP contribution >= 0.6 is 11.6 Å². The van der Waals surface area contributed by atoms with Crippen LogP contribution in [0.25, 0.3) is 6.08 Å². The van der Waals surface area contributed by atoms with Crippen LogP contribution in [0.3, 0.4) is 0 Å². The second-order valence-corrected chi connectivity index (χ2v) is 2.63. The van der Waals surface area contributed by atoms with Crippen molar-refractivity contribution < 1.29 is 0 Å². The van der Waals surface area contributed by atoms with E-state index in [1.54, 1.807) is 0 Å². The van der Waals surface area contributed by atoms with Gasteiger partial charge in [0.25, 0.3) is 0 Å². The molecule has 1 aromatic heterocycles. The molecule has 0 spiro atoms. The van der Waals surface area contributed by atoms with Crippen molar-refractivity contribution in [3.05, 3.63) is 35.7 Å². The topological polar surface area (TPSA) is 12.9 Å². The number of aromatic nitrogens is 1. The van der Waals surface area contributed by atoms with Crippen LogP contribution in [0, 0.1) is 6.92 Å². The zero-order valence-corrected chi connectivity index (χ0v) is 7.17. The highest BCUT2D eigenvalue weighted by molar-refractivity contribution is 6.19. The second-order valence-electron chi connectivity index (χ2n) is 2.32. The van der Waals surface area contributed by atoms with Crippen molar-refractivity contribution >= 4 is 17.7 Å². The van der Waals surface area contributed by atoms with E-state index in [-0.39, 0.29) is 0 Å². The van der Waals surface area contributed by atoms with E-state index >= 15 is 0 Å². The number of pyridine rings is 1. The molecule has 11 heavy (non-hydrogen) atoms. The Balaban J connectivity index is 2.73. The van der Waals surface area contributed by atoms with Crippen molar-refractivity contribution in [1.29, 1.82) is 0 Å². The molecule has 0 aliphatic carbocycles. The number of aryl methyl sites for hydroxylation is 1. The molecule has 0 bridgehead atoms. The number of halogens is 1. The first-order valence-electron chi connectivity index (χ1n) is 3.48. The van der Waals surface area contributed by atoms with Crippen LogP contribution in [0.15, 0.2) is 24.4 Å². The maximum atomic E-state index is 5.47. The second kappa shape index (κ2) is 4.14. The summed E-state index contributed by atoms with van der Waals surface area (Å²) in [5, 5.41) is 0. The molecule has 0 fully saturated rings. The first-order valence-corrected chi connectivity index (χ1v) is 4.01. The van der Waals surface area contributed by atoms with E-state index in [2.05, 4.69) is 4.98 Å². The molecular weight excluding hydrogens is 158 g/mol. The lowest BCUT2D eigenvalue weighted by Crippen LogP contribution is -1.80. The summed E-state index contributed by atoms with van der Waals surface area (Å²) >= 11 is 5.47. The third-order valence-electron chi connectivity index (χ3n) is 1.31. The fraction of sp³-hybridized carbons (Fsp3) is 0.222. The number of rotatable bonds is 2. The average molecular weight is 168 g/mol. The van der Waals surface area contributed by atoms with Crippen LogP contribution in [0.5, 0.6) is 0 Å². The molecule has 1 nitrogen and oxygen atoms in total. The normalized spacial score (nSPS) is 10.7. The fourth-order valence-electron chi connectivity index (χ4n) is 0.743. The van der Waals surface area contributed by atoms with E-state index in [1.807, 2.05) is 37.4 Å². The SMILES string of the molecule is Cc1ccc(C=CCCl)nc1. The van der Waals surface area contributed by atoms with E-state index in [9.17, 15) is 0 Å². The molecular formula is C9H10ClN. The zero-order valence-electron chi connectivity index (χ0n) is 6.42. The lowest BCUT2D eigenvalue weighted by atomic mass is 10.2. The molecule has 0 aliphatic heterocycles. The fourth-order valence-corrected chi connectivity index (χ4v) is 0.832. The summed E-state index contributed by atoms with van der Waals surface area (Å²) in [4.78, 5) is 4.17. The minimum Gasteiger partial charge on any atom is -0.257 e. The Kier molecular flexibility index (Phi) is 3.12. The molecule has 1 rings (SSSR count). The van der Waals surface area contributed by atoms with Crippen LogP contribution in [0.4, 0.5) is 0 Å². The summed E-state index contributed by atoms with van der Waals surface area (Å²) in [6.07, 6.45) is 5.62. The number of hydrogen-bond acceptors (Lipinski definition) is 1. The largest absolute Gasteiger partial charge is 0.257 e. The minimum atomic E-state index is 0.537. The minimum absolute atomic E-state index is 0.537. The molecule has 0 N–H and O–H groups in total. The van der Waals surface area contributed by atoms with Crippen LogP contribution in [-0.4, -0.2) is 10.9 Å². The predicted molar refractivity (Wildman–Crippen MR) is 48.7 cm³/mol. The summed E-state index contributed by atoms with van der Waals surface area (Å²) in [6, 6.07) is 4.00. The molecule has 0 saturated heterocycles. The highest BCUT2D eigenvalue weighted by Gasteiger charge is 1.85. The Morgan fingerprint density at radius 3 is 2.91 bits per heavy atom. The van der Waals surface area contributed by atoms with E-state index in [1.165, 1.54) is 5.56 Å². The van der Waals surface area contributed by atoms with Crippen molar-refractivity contribution in [2.45, 2.75) is 6.92 Å². The summed E-state index contributed by atoms with van der Waals surface area (Å²) in [6.45, 7) is 2.02. The number of allylic oxidation sites excluding steroid dienone is 1. The monoisotopic (exact) mass is 167 g/mol. The van der Waals surface area contributed by atoms with E-state index in [0.717, 1.165) is 5.69 Å². The van der Waals surface area contributed by atoms with Crippen LogP contribution in [-0.2, 0) is 0 Å². The quantitative estimate of drug-likeness (QED) is 0.618. The predicted octanol–water partition coefficient (Wildman–Crippen LogP) is 2.64. The average Bonchev–Trinajstić information content (AvgIpc) is 2.04. The molecule has 0 amide bonds. The van der Waals surface area contributed by atoms with Gasteiger partial charge in [-0.2, -0.15) is 0 Å². The molecule has 1 heterocycles. The van der Waals surface area contributed by atoms with Gasteiger partial charge in [0, 0.05) is 12.1 Å². The lowest BCUT2D eigenvalue weighted by molar-refractivity contribution is 1.24. The number of nitrogens with zero attached hydrogens (tertiary/aromatic N) is 1. The third kappa shape index (κ3) is 2.72. The van der Waals surface area contributed by atoms with Gasteiger partial charge in [-0.1, -0.05) is 12.1 Å². The van der Waals surface area contributed by atoms with Crippen molar-refractivity contribution in [3.8, 4) is 0 Å². The van der Waals surface area contributed by atoms with E-state index < -0.39 is 0 Å². The molecule has 0 aromatic carbocycles. The maximum absolute atomic E-state index is 5.47. The Labute approximate surface area is 71.7 Å². The molecule has 0 atom stereocenters. The molecule has 0 aliphatic rings. The van der Waals surface area contributed by atoms with Gasteiger partial charge in [0.05, 0.1) is 5.69 Å². The Hall–Kier alpha value is -0.820. The van der Waals surface area contributed by atoms with Gasteiger partial charge in [0.1, 0.15) is 0 Å². The van der Waals surface area contributed by atoms with Crippen molar-refractivity contribution in [1.82, 2.24) is 4.98 Å². The van der Waals surface area contributed by atoms with Crippen LogP contribution in [0.2, 0.25) is 0 Å². The van der Waals surface area contributed by atoms with Gasteiger partial charge in [-0.15, -0.1) is 11.6 Å². The maximum Gasteiger partial charge on any atom is 0.0627 e. The Bertz CT molecular complexity index is 238. The summed E-state index contributed by atoms with van der Waals surface area (Å²) < 4.78 is 0. The van der Waals surface area contributed by atoms with Crippen LogP contribution < -0.4 is 0 Å². The van der Waals surface area contributed by atoms with Gasteiger partial charge >= 0.3 is 0 Å². The first-order chi connectivity index (χ1) is 5.33. The van der Waals surface area contributed by atoms with Crippen molar-refractivity contribution in [3.63, 3.8) is 0 Å². The summed E-state index contributed by atoms with van der Waals surface area (Å²) in [5.74, 6) is 0.537. The molecule has 0 unspecified atom stereocenters. The molecule has 2 heteroatoms. The van der Waals surface area contributed by atoms with Gasteiger partial charge in [0.2, 0.25) is 0 Å². The zero-order chi connectivity index (χ0) is 8.10. The van der Waals surface area contributed by atoms with E-state index in [0.29, 0.717) is 5.88 Å². The Morgan fingerprint density at radius 1 is 1.55 bits per heavy atom. The van der Waals surface area contributed by atoms with E-state index in [4.69, 9.17) is 11.6 Å². The molecule has 0 radical (unpaired) electrons. The van der Waals surface area contributed by atoms with Gasteiger partial charge in [0.15, 0.2) is 0 Å². The molecule has 58 valence electrons. The highest BCUT2D eigenvalue weighted by atomic mass is 35.5. The van der Waals surface area contributed by atoms with Gasteiger partial charge in [-0.05, 0) is 24.6 Å². The summed E-state index contributed by atoms with van der Waals surface area (Å²) in [7, 11) is 0. The van der Waals surface area contributed by atoms with Gasteiger partial charge < -0.3 is 0 Å². The molecule has 1 aromatic rings. The first kappa shape index (κ1) is 8.28. The van der Waals surface area contributed by atoms with Gasteiger partial charge in [-0.3, -0.25) is 4.98 Å². The number of alkyl halides is 1. The number of hydrogen-bond donors (Lipinski definition) is 0. The smallest absolute Gasteiger partial charge is 0.0627 e. The Morgan fingerprint density at radius 2 is 2.36 bits per heavy atom. The standard InChI is InChI=1S/C9H10ClN/c1-8-4-5-9(11-7-8)3-2-6-10/h2-5,7H,6H2,1H3. The van der Waals surface area contributed by atoms with Crippen molar-refractivity contribution in [2.24, 2.45) is 0 Å².